The Balaban J connectivity index is 1.73. The second-order valence-corrected chi connectivity index (χ2v) is 5.93. The Bertz CT molecular complexity index is 478. The van der Waals surface area contributed by atoms with Crippen molar-refractivity contribution < 1.29 is 14.6 Å². The number of carbonyl (C=O) groups is 1. The Kier molecular flexibility index (Phi) is 6.01. The molecule has 2 rings (SSSR count). The first-order valence-corrected chi connectivity index (χ1v) is 7.92. The highest BCUT2D eigenvalue weighted by Crippen LogP contribution is 2.28. The Labute approximate surface area is 132 Å². The van der Waals surface area contributed by atoms with E-state index in [0.29, 0.717) is 32.5 Å². The number of amides is 1. The van der Waals surface area contributed by atoms with E-state index in [1.807, 2.05) is 36.4 Å². The van der Waals surface area contributed by atoms with E-state index in [4.69, 9.17) is 4.74 Å². The summed E-state index contributed by atoms with van der Waals surface area (Å²) >= 11 is 0. The van der Waals surface area contributed by atoms with Gasteiger partial charge < -0.3 is 14.7 Å². The molecule has 1 N–H and O–H groups in total. The Morgan fingerprint density at radius 2 is 2.00 bits per heavy atom. The molecule has 1 amide bonds. The summed E-state index contributed by atoms with van der Waals surface area (Å²) in [5, 5.41) is 10.5. The van der Waals surface area contributed by atoms with Gasteiger partial charge in [0.05, 0.1) is 5.60 Å². The molecule has 1 aromatic rings. The monoisotopic (exact) mass is 303 g/mol. The molecule has 1 aromatic carbocycles. The minimum absolute atomic E-state index is 0.291. The van der Waals surface area contributed by atoms with Crippen molar-refractivity contribution in [3.05, 3.63) is 48.6 Å². The predicted octanol–water partition coefficient (Wildman–Crippen LogP) is 3.51. The summed E-state index contributed by atoms with van der Waals surface area (Å²) in [6, 6.07) is 9.65. The lowest BCUT2D eigenvalue weighted by Gasteiger charge is -2.37. The van der Waals surface area contributed by atoms with Crippen LogP contribution in [0.5, 0.6) is 0 Å². The Morgan fingerprint density at radius 3 is 2.64 bits per heavy atom. The van der Waals surface area contributed by atoms with E-state index in [0.717, 1.165) is 24.8 Å². The van der Waals surface area contributed by atoms with Crippen molar-refractivity contribution in [2.75, 3.05) is 13.1 Å². The summed E-state index contributed by atoms with van der Waals surface area (Å²) in [5.74, 6) is 0. The molecule has 1 aliphatic heterocycles. The standard InChI is InChI=1S/C18H25NO3/c1-2-3-7-10-18(21)11-13-19(14-12-18)17(20)22-15-16-8-5-4-6-9-16/h2,4-6,8-9,21H,1,3,7,10-15H2. The highest BCUT2D eigenvalue weighted by atomic mass is 16.6. The van der Waals surface area contributed by atoms with E-state index >= 15 is 0 Å². The second-order valence-electron chi connectivity index (χ2n) is 5.93. The van der Waals surface area contributed by atoms with Crippen molar-refractivity contribution in [3.63, 3.8) is 0 Å². The molecule has 1 saturated heterocycles. The maximum Gasteiger partial charge on any atom is 0.410 e. The van der Waals surface area contributed by atoms with Gasteiger partial charge in [-0.3, -0.25) is 0 Å². The first-order valence-electron chi connectivity index (χ1n) is 7.92. The van der Waals surface area contributed by atoms with E-state index < -0.39 is 5.60 Å². The van der Waals surface area contributed by atoms with Crippen molar-refractivity contribution in [3.8, 4) is 0 Å². The fourth-order valence-corrected chi connectivity index (χ4v) is 2.74. The zero-order valence-electron chi connectivity index (χ0n) is 13.0. The molecule has 0 spiro atoms. The molecule has 1 heterocycles. The predicted molar refractivity (Wildman–Crippen MR) is 86.4 cm³/mol. The van der Waals surface area contributed by atoms with Crippen LogP contribution >= 0.6 is 0 Å². The first-order chi connectivity index (χ1) is 10.6. The maximum atomic E-state index is 12.1. The zero-order valence-corrected chi connectivity index (χ0v) is 13.0. The van der Waals surface area contributed by atoms with Crippen molar-refractivity contribution >= 4 is 6.09 Å². The van der Waals surface area contributed by atoms with Crippen LogP contribution in [-0.4, -0.2) is 34.8 Å². The van der Waals surface area contributed by atoms with Crippen molar-refractivity contribution in [1.29, 1.82) is 0 Å². The SMILES string of the molecule is C=CCCCC1(O)CCN(C(=O)OCc2ccccc2)CC1. The molecule has 22 heavy (non-hydrogen) atoms. The van der Waals surface area contributed by atoms with Crippen LogP contribution in [0, 0.1) is 0 Å². The smallest absolute Gasteiger partial charge is 0.410 e. The Morgan fingerprint density at radius 1 is 1.32 bits per heavy atom. The van der Waals surface area contributed by atoms with E-state index in [1.165, 1.54) is 0 Å². The van der Waals surface area contributed by atoms with E-state index in [9.17, 15) is 9.90 Å². The van der Waals surface area contributed by atoms with Crippen molar-refractivity contribution in [2.45, 2.75) is 44.3 Å². The molecule has 120 valence electrons. The molecular formula is C18H25NO3. The van der Waals surface area contributed by atoms with Crippen LogP contribution in [0.1, 0.15) is 37.7 Å². The van der Waals surface area contributed by atoms with Crippen LogP contribution in [0.15, 0.2) is 43.0 Å². The molecule has 4 nitrogen and oxygen atoms in total. The van der Waals surface area contributed by atoms with Crippen LogP contribution in [0.4, 0.5) is 4.79 Å². The lowest BCUT2D eigenvalue weighted by atomic mass is 9.86. The van der Waals surface area contributed by atoms with Gasteiger partial charge in [0.15, 0.2) is 0 Å². The van der Waals surface area contributed by atoms with E-state index in [-0.39, 0.29) is 6.09 Å². The minimum atomic E-state index is -0.640. The number of hydrogen-bond donors (Lipinski definition) is 1. The van der Waals surface area contributed by atoms with Crippen molar-refractivity contribution in [1.82, 2.24) is 4.90 Å². The number of hydrogen-bond acceptors (Lipinski definition) is 3. The van der Waals surface area contributed by atoms with Gasteiger partial charge in [0.25, 0.3) is 0 Å². The number of likely N-dealkylation sites (tertiary alicyclic amines) is 1. The number of ether oxygens (including phenoxy) is 1. The van der Waals surface area contributed by atoms with Gasteiger partial charge in [-0.2, -0.15) is 0 Å². The lowest BCUT2D eigenvalue weighted by molar-refractivity contribution is -0.0281. The van der Waals surface area contributed by atoms with Gasteiger partial charge in [-0.25, -0.2) is 4.79 Å². The summed E-state index contributed by atoms with van der Waals surface area (Å²) in [5.41, 5.74) is 0.341. The number of rotatable bonds is 6. The van der Waals surface area contributed by atoms with E-state index in [1.54, 1.807) is 4.90 Å². The third kappa shape index (κ3) is 4.88. The molecule has 0 unspecified atom stereocenters. The van der Waals surface area contributed by atoms with Gasteiger partial charge in [0.1, 0.15) is 6.61 Å². The van der Waals surface area contributed by atoms with Crippen LogP contribution in [0.2, 0.25) is 0 Å². The van der Waals surface area contributed by atoms with Crippen LogP contribution in [0.3, 0.4) is 0 Å². The third-order valence-corrected chi connectivity index (χ3v) is 4.21. The number of piperidine rings is 1. The normalized spacial score (nSPS) is 17.0. The van der Waals surface area contributed by atoms with Crippen LogP contribution in [-0.2, 0) is 11.3 Å². The third-order valence-electron chi connectivity index (χ3n) is 4.21. The van der Waals surface area contributed by atoms with Gasteiger partial charge in [-0.15, -0.1) is 6.58 Å². The highest BCUT2D eigenvalue weighted by molar-refractivity contribution is 5.67. The number of nitrogens with zero attached hydrogens (tertiary/aromatic N) is 1. The summed E-state index contributed by atoms with van der Waals surface area (Å²) in [6.07, 6.45) is 5.45. The molecule has 1 fully saturated rings. The number of benzene rings is 1. The van der Waals surface area contributed by atoms with Crippen molar-refractivity contribution in [2.24, 2.45) is 0 Å². The molecule has 0 aromatic heterocycles. The lowest BCUT2D eigenvalue weighted by Crippen LogP contribution is -2.46. The molecule has 4 heteroatoms. The number of carbonyl (C=O) groups excluding carboxylic acids is 1. The largest absolute Gasteiger partial charge is 0.445 e. The molecule has 0 radical (unpaired) electrons. The molecule has 0 aliphatic carbocycles. The Hall–Kier alpha value is -1.81. The van der Waals surface area contributed by atoms with Gasteiger partial charge in [0.2, 0.25) is 0 Å². The molecule has 0 bridgehead atoms. The van der Waals surface area contributed by atoms with Gasteiger partial charge in [0, 0.05) is 13.1 Å². The first kappa shape index (κ1) is 16.6. The minimum Gasteiger partial charge on any atom is -0.445 e. The fourth-order valence-electron chi connectivity index (χ4n) is 2.74. The summed E-state index contributed by atoms with van der Waals surface area (Å²) in [7, 11) is 0. The average Bonchev–Trinajstić information content (AvgIpc) is 2.54. The number of allylic oxidation sites excluding steroid dienone is 1. The maximum absolute atomic E-state index is 12.1. The zero-order chi connectivity index (χ0) is 15.8. The number of aliphatic hydroxyl groups is 1. The second kappa shape index (κ2) is 7.99. The fraction of sp³-hybridized carbons (Fsp3) is 0.500. The average molecular weight is 303 g/mol. The summed E-state index contributed by atoms with van der Waals surface area (Å²) in [6.45, 7) is 5.09. The van der Waals surface area contributed by atoms with Crippen LogP contribution < -0.4 is 0 Å². The summed E-state index contributed by atoms with van der Waals surface area (Å²) < 4.78 is 5.33. The van der Waals surface area contributed by atoms with Gasteiger partial charge >= 0.3 is 6.09 Å². The van der Waals surface area contributed by atoms with E-state index in [2.05, 4.69) is 6.58 Å². The van der Waals surface area contributed by atoms with Crippen LogP contribution in [0.25, 0.3) is 0 Å². The highest BCUT2D eigenvalue weighted by Gasteiger charge is 2.33. The molecule has 1 aliphatic rings. The quantitative estimate of drug-likeness (QED) is 0.646. The molecular weight excluding hydrogens is 278 g/mol. The molecule has 0 saturated carbocycles. The topological polar surface area (TPSA) is 49.8 Å². The summed E-state index contributed by atoms with van der Waals surface area (Å²) in [4.78, 5) is 13.7. The van der Waals surface area contributed by atoms with Gasteiger partial charge in [-0.1, -0.05) is 36.4 Å². The molecule has 0 atom stereocenters. The number of unbranched alkanes of at least 4 members (excludes halogenated alkanes) is 1. The van der Waals surface area contributed by atoms with Gasteiger partial charge in [-0.05, 0) is 37.7 Å².